The third kappa shape index (κ3) is 2.33. The van der Waals surface area contributed by atoms with Gasteiger partial charge in [-0.05, 0) is 6.07 Å². The number of benzene rings is 1. The van der Waals surface area contributed by atoms with Gasteiger partial charge >= 0.3 is 11.6 Å². The Bertz CT molecular complexity index is 713. The molecule has 0 atom stereocenters. The van der Waals surface area contributed by atoms with Crippen molar-refractivity contribution in [2.45, 2.75) is 6.92 Å². The molecular formula is C13H10O6. The van der Waals surface area contributed by atoms with Gasteiger partial charge in [0.05, 0.1) is 12.7 Å². The first-order valence-corrected chi connectivity index (χ1v) is 5.35. The van der Waals surface area contributed by atoms with E-state index in [1.807, 2.05) is 0 Å². The lowest BCUT2D eigenvalue weighted by atomic mass is 10.1. The average Bonchev–Trinajstić information content (AvgIpc) is 2.37. The van der Waals surface area contributed by atoms with Crippen LogP contribution in [-0.4, -0.2) is 19.4 Å². The minimum atomic E-state index is -0.585. The molecule has 0 aliphatic carbocycles. The number of ether oxygens (including phenoxy) is 2. The summed E-state index contributed by atoms with van der Waals surface area (Å²) in [6.07, 6.45) is 0.517. The molecule has 0 aliphatic heterocycles. The van der Waals surface area contributed by atoms with Gasteiger partial charge in [-0.25, -0.2) is 4.79 Å². The standard InChI is InChI=1S/C13H10O6/c1-7(15)18-13-9(6-14)8-3-4-12(16)19-10(8)5-11(13)17-2/h3-6H,1-2H3. The molecule has 0 fully saturated rings. The number of carbonyl (C=O) groups is 2. The number of hydrogen-bond donors (Lipinski definition) is 0. The molecule has 0 saturated carbocycles. The molecule has 1 aromatic heterocycles. The summed E-state index contributed by atoms with van der Waals surface area (Å²) >= 11 is 0. The summed E-state index contributed by atoms with van der Waals surface area (Å²) in [4.78, 5) is 33.4. The highest BCUT2D eigenvalue weighted by Gasteiger charge is 2.18. The van der Waals surface area contributed by atoms with E-state index in [9.17, 15) is 14.4 Å². The van der Waals surface area contributed by atoms with Crippen LogP contribution in [0.5, 0.6) is 11.5 Å². The van der Waals surface area contributed by atoms with Crippen LogP contribution in [0.2, 0.25) is 0 Å². The highest BCUT2D eigenvalue weighted by Crippen LogP contribution is 2.36. The lowest BCUT2D eigenvalue weighted by molar-refractivity contribution is -0.132. The van der Waals surface area contributed by atoms with E-state index in [2.05, 4.69) is 0 Å². The van der Waals surface area contributed by atoms with Crippen LogP contribution in [0.15, 0.2) is 27.4 Å². The molecule has 19 heavy (non-hydrogen) atoms. The van der Waals surface area contributed by atoms with Gasteiger partial charge in [-0.3, -0.25) is 9.59 Å². The third-order valence-electron chi connectivity index (χ3n) is 2.47. The lowest BCUT2D eigenvalue weighted by Gasteiger charge is -2.11. The van der Waals surface area contributed by atoms with Gasteiger partial charge in [0.1, 0.15) is 5.58 Å². The second-order valence-corrected chi connectivity index (χ2v) is 3.70. The summed E-state index contributed by atoms with van der Waals surface area (Å²) in [6, 6.07) is 4.00. The molecule has 1 heterocycles. The maximum absolute atomic E-state index is 11.2. The van der Waals surface area contributed by atoms with Gasteiger partial charge in [0.2, 0.25) is 0 Å². The first kappa shape index (κ1) is 12.8. The van der Waals surface area contributed by atoms with E-state index in [-0.39, 0.29) is 22.6 Å². The van der Waals surface area contributed by atoms with Crippen molar-refractivity contribution in [3.63, 3.8) is 0 Å². The number of carbonyl (C=O) groups excluding carboxylic acids is 2. The van der Waals surface area contributed by atoms with Crippen molar-refractivity contribution in [1.82, 2.24) is 0 Å². The van der Waals surface area contributed by atoms with Gasteiger partial charge in [0, 0.05) is 24.4 Å². The molecule has 0 radical (unpaired) electrons. The summed E-state index contributed by atoms with van der Waals surface area (Å²) in [7, 11) is 1.35. The smallest absolute Gasteiger partial charge is 0.336 e. The topological polar surface area (TPSA) is 82.8 Å². The van der Waals surface area contributed by atoms with Gasteiger partial charge in [-0.1, -0.05) is 0 Å². The van der Waals surface area contributed by atoms with Gasteiger partial charge in [-0.2, -0.15) is 0 Å². The van der Waals surface area contributed by atoms with Gasteiger partial charge < -0.3 is 13.9 Å². The number of methoxy groups -OCH3 is 1. The van der Waals surface area contributed by atoms with Gasteiger partial charge in [0.25, 0.3) is 0 Å². The van der Waals surface area contributed by atoms with Crippen molar-refractivity contribution in [2.24, 2.45) is 0 Å². The number of hydrogen-bond acceptors (Lipinski definition) is 6. The minimum Gasteiger partial charge on any atom is -0.493 e. The molecule has 0 saturated heterocycles. The van der Waals surface area contributed by atoms with Crippen molar-refractivity contribution >= 4 is 23.2 Å². The number of aldehydes is 1. The molecule has 0 spiro atoms. The maximum atomic E-state index is 11.2. The normalized spacial score (nSPS) is 10.2. The predicted octanol–water partition coefficient (Wildman–Crippen LogP) is 1.54. The first-order chi connectivity index (χ1) is 9.06. The van der Waals surface area contributed by atoms with E-state index in [0.29, 0.717) is 11.7 Å². The Labute approximate surface area is 107 Å². The van der Waals surface area contributed by atoms with Crippen molar-refractivity contribution in [2.75, 3.05) is 7.11 Å². The Hall–Kier alpha value is -2.63. The van der Waals surface area contributed by atoms with Crippen LogP contribution in [0.3, 0.4) is 0 Å². The van der Waals surface area contributed by atoms with E-state index < -0.39 is 11.6 Å². The fraction of sp³-hybridized carbons (Fsp3) is 0.154. The number of fused-ring (bicyclic) bond motifs is 1. The Kier molecular flexibility index (Phi) is 3.33. The molecule has 6 heteroatoms. The number of esters is 1. The zero-order chi connectivity index (χ0) is 14.0. The van der Waals surface area contributed by atoms with Crippen molar-refractivity contribution in [1.29, 1.82) is 0 Å². The second-order valence-electron chi connectivity index (χ2n) is 3.70. The van der Waals surface area contributed by atoms with Gasteiger partial charge in [-0.15, -0.1) is 0 Å². The van der Waals surface area contributed by atoms with Crippen molar-refractivity contribution in [3.8, 4) is 11.5 Å². The molecule has 0 bridgehead atoms. The van der Waals surface area contributed by atoms with Crippen LogP contribution in [0.1, 0.15) is 17.3 Å². The van der Waals surface area contributed by atoms with E-state index >= 15 is 0 Å². The molecule has 0 N–H and O–H groups in total. The van der Waals surface area contributed by atoms with Crippen LogP contribution in [0, 0.1) is 0 Å². The highest BCUT2D eigenvalue weighted by atomic mass is 16.6. The summed E-state index contributed by atoms with van der Waals surface area (Å²) in [6.45, 7) is 1.21. The van der Waals surface area contributed by atoms with E-state index in [0.717, 1.165) is 0 Å². The Morgan fingerprint density at radius 1 is 1.37 bits per heavy atom. The SMILES string of the molecule is COc1cc2oc(=O)ccc2c(C=O)c1OC(C)=O. The number of rotatable bonds is 3. The summed E-state index contributed by atoms with van der Waals surface area (Å²) in [5, 5.41) is 0.367. The molecule has 0 unspecified atom stereocenters. The Morgan fingerprint density at radius 2 is 2.11 bits per heavy atom. The van der Waals surface area contributed by atoms with Crippen molar-refractivity contribution < 1.29 is 23.5 Å². The highest BCUT2D eigenvalue weighted by molar-refractivity contribution is 6.01. The maximum Gasteiger partial charge on any atom is 0.336 e. The molecule has 0 amide bonds. The van der Waals surface area contributed by atoms with Crippen LogP contribution in [-0.2, 0) is 4.79 Å². The second kappa shape index (κ2) is 4.93. The quantitative estimate of drug-likeness (QED) is 0.361. The molecule has 1 aromatic carbocycles. The van der Waals surface area contributed by atoms with Crippen LogP contribution >= 0.6 is 0 Å². The molecule has 0 aliphatic rings. The van der Waals surface area contributed by atoms with E-state index in [1.54, 1.807) is 0 Å². The molecule has 6 nitrogen and oxygen atoms in total. The molecule has 2 rings (SSSR count). The fourth-order valence-electron chi connectivity index (χ4n) is 1.72. The summed E-state index contributed by atoms with van der Waals surface area (Å²) < 4.78 is 15.0. The molecule has 98 valence electrons. The third-order valence-corrected chi connectivity index (χ3v) is 2.47. The van der Waals surface area contributed by atoms with Crippen LogP contribution in [0.4, 0.5) is 0 Å². The minimum absolute atomic E-state index is 0.00588. The van der Waals surface area contributed by atoms with Crippen LogP contribution < -0.4 is 15.1 Å². The first-order valence-electron chi connectivity index (χ1n) is 5.35. The predicted molar refractivity (Wildman–Crippen MR) is 65.7 cm³/mol. The average molecular weight is 262 g/mol. The van der Waals surface area contributed by atoms with Crippen molar-refractivity contribution in [3.05, 3.63) is 34.2 Å². The lowest BCUT2D eigenvalue weighted by Crippen LogP contribution is -2.07. The summed E-state index contributed by atoms with van der Waals surface area (Å²) in [5.41, 5.74) is -0.276. The fourth-order valence-corrected chi connectivity index (χ4v) is 1.72. The zero-order valence-corrected chi connectivity index (χ0v) is 10.3. The monoisotopic (exact) mass is 262 g/mol. The zero-order valence-electron chi connectivity index (χ0n) is 10.3. The Morgan fingerprint density at radius 3 is 2.68 bits per heavy atom. The van der Waals surface area contributed by atoms with E-state index in [1.165, 1.54) is 32.2 Å². The Balaban J connectivity index is 2.85. The van der Waals surface area contributed by atoms with Crippen LogP contribution in [0.25, 0.3) is 11.0 Å². The van der Waals surface area contributed by atoms with E-state index in [4.69, 9.17) is 13.9 Å². The summed E-state index contributed by atoms with van der Waals surface area (Å²) in [5.74, 6) is -0.441. The molecule has 2 aromatic rings. The van der Waals surface area contributed by atoms with Gasteiger partial charge in [0.15, 0.2) is 17.8 Å². The largest absolute Gasteiger partial charge is 0.493 e. The molecular weight excluding hydrogens is 252 g/mol.